The third kappa shape index (κ3) is 2.70. The van der Waals surface area contributed by atoms with Crippen molar-refractivity contribution in [2.24, 2.45) is 5.92 Å². The molecule has 2 rings (SSSR count). The second kappa shape index (κ2) is 5.08. The molecule has 1 aromatic carbocycles. The minimum Gasteiger partial charge on any atom is -0.299 e. The van der Waals surface area contributed by atoms with E-state index < -0.39 is 0 Å². The van der Waals surface area contributed by atoms with Crippen molar-refractivity contribution in [3.05, 3.63) is 46.0 Å². The molecule has 0 spiro atoms. The van der Waals surface area contributed by atoms with Gasteiger partial charge in [0.2, 0.25) is 6.54 Å². The minimum absolute atomic E-state index is 0.152. The molecular weight excluding hydrogens is 218 g/mol. The Morgan fingerprint density at radius 2 is 2.06 bits per heavy atom. The van der Waals surface area contributed by atoms with Gasteiger partial charge in [0.25, 0.3) is 0 Å². The lowest BCUT2D eigenvalue weighted by Crippen LogP contribution is -2.24. The third-order valence-corrected chi connectivity index (χ3v) is 3.41. The summed E-state index contributed by atoms with van der Waals surface area (Å²) in [6.45, 7) is -0.152. The van der Waals surface area contributed by atoms with Crippen LogP contribution in [-0.2, 0) is 4.79 Å². The summed E-state index contributed by atoms with van der Waals surface area (Å²) in [7, 11) is 0. The number of hydrogen-bond donors (Lipinski definition) is 0. The fourth-order valence-electron chi connectivity index (χ4n) is 2.59. The first-order valence-corrected chi connectivity index (χ1v) is 5.88. The summed E-state index contributed by atoms with van der Waals surface area (Å²) in [6.07, 6.45) is 2.22. The summed E-state index contributed by atoms with van der Waals surface area (Å²) in [4.78, 5) is 22.2. The van der Waals surface area contributed by atoms with Crippen LogP contribution >= 0.6 is 0 Å². The smallest absolute Gasteiger partial charge is 0.211 e. The summed E-state index contributed by atoms with van der Waals surface area (Å²) in [6, 6.07) is 9.35. The van der Waals surface area contributed by atoms with Crippen molar-refractivity contribution in [2.75, 3.05) is 6.54 Å². The molecule has 90 valence electrons. The van der Waals surface area contributed by atoms with Crippen LogP contribution in [0.5, 0.6) is 0 Å². The summed E-state index contributed by atoms with van der Waals surface area (Å²) < 4.78 is 0. The fraction of sp³-hybridized carbons (Fsp3) is 0.462. The quantitative estimate of drug-likeness (QED) is 0.592. The first-order chi connectivity index (χ1) is 8.18. The van der Waals surface area contributed by atoms with Crippen molar-refractivity contribution < 1.29 is 9.72 Å². The van der Waals surface area contributed by atoms with E-state index in [1.54, 1.807) is 0 Å². The molecule has 4 heteroatoms. The van der Waals surface area contributed by atoms with Gasteiger partial charge in [-0.2, -0.15) is 0 Å². The van der Waals surface area contributed by atoms with Crippen molar-refractivity contribution in [3.8, 4) is 0 Å². The van der Waals surface area contributed by atoms with Gasteiger partial charge >= 0.3 is 0 Å². The average molecular weight is 233 g/mol. The van der Waals surface area contributed by atoms with Crippen LogP contribution in [0.15, 0.2) is 30.3 Å². The number of rotatable bonds is 4. The van der Waals surface area contributed by atoms with Gasteiger partial charge < -0.3 is 0 Å². The number of benzene rings is 1. The Labute approximate surface area is 99.8 Å². The molecule has 1 saturated carbocycles. The lowest BCUT2D eigenvalue weighted by atomic mass is 9.84. The molecule has 17 heavy (non-hydrogen) atoms. The number of hydrogen-bond acceptors (Lipinski definition) is 3. The molecule has 1 aliphatic rings. The van der Waals surface area contributed by atoms with E-state index in [9.17, 15) is 14.9 Å². The van der Waals surface area contributed by atoms with E-state index in [0.717, 1.165) is 18.4 Å². The molecule has 1 aromatic rings. The molecule has 0 aromatic heterocycles. The summed E-state index contributed by atoms with van der Waals surface area (Å²) in [5.74, 6) is -0.246. The van der Waals surface area contributed by atoms with E-state index >= 15 is 0 Å². The average Bonchev–Trinajstić information content (AvgIpc) is 2.73. The Morgan fingerprint density at radius 3 is 2.59 bits per heavy atom. The van der Waals surface area contributed by atoms with Gasteiger partial charge in [0.1, 0.15) is 5.78 Å². The van der Waals surface area contributed by atoms with Gasteiger partial charge in [0.05, 0.1) is 5.92 Å². The maximum Gasteiger partial charge on any atom is 0.211 e. The van der Waals surface area contributed by atoms with Gasteiger partial charge in [-0.1, -0.05) is 30.3 Å². The lowest BCUT2D eigenvalue weighted by Gasteiger charge is -2.18. The van der Waals surface area contributed by atoms with E-state index in [1.807, 2.05) is 30.3 Å². The molecule has 0 aliphatic heterocycles. The maximum absolute atomic E-state index is 11.7. The van der Waals surface area contributed by atoms with E-state index in [1.165, 1.54) is 0 Å². The van der Waals surface area contributed by atoms with E-state index in [4.69, 9.17) is 0 Å². The van der Waals surface area contributed by atoms with Crippen molar-refractivity contribution in [1.82, 2.24) is 0 Å². The largest absolute Gasteiger partial charge is 0.299 e. The molecule has 4 nitrogen and oxygen atoms in total. The van der Waals surface area contributed by atoms with Gasteiger partial charge in [-0.15, -0.1) is 0 Å². The predicted molar refractivity (Wildman–Crippen MR) is 63.4 cm³/mol. The molecule has 0 heterocycles. The highest BCUT2D eigenvalue weighted by atomic mass is 16.6. The number of carbonyl (C=O) groups excluding carboxylic acids is 1. The number of carbonyl (C=O) groups is 1. The van der Waals surface area contributed by atoms with E-state index in [-0.39, 0.29) is 29.1 Å². The predicted octanol–water partition coefficient (Wildman–Crippen LogP) is 2.42. The van der Waals surface area contributed by atoms with Crippen molar-refractivity contribution in [2.45, 2.75) is 25.2 Å². The fourth-order valence-corrected chi connectivity index (χ4v) is 2.59. The normalized spacial score (nSPS) is 21.4. The van der Waals surface area contributed by atoms with Crippen LogP contribution in [0.4, 0.5) is 0 Å². The molecule has 0 amide bonds. The van der Waals surface area contributed by atoms with Crippen LogP contribution in [0.25, 0.3) is 0 Å². The molecular formula is C13H15NO3. The third-order valence-electron chi connectivity index (χ3n) is 3.41. The van der Waals surface area contributed by atoms with Gasteiger partial charge in [0.15, 0.2) is 0 Å². The SMILES string of the molecule is O=C1CCC[C@H]1[C@@H](C[N+](=O)[O-])c1ccccc1. The zero-order chi connectivity index (χ0) is 12.3. The molecule has 2 atom stereocenters. The second-order valence-electron chi connectivity index (χ2n) is 4.50. The Hall–Kier alpha value is -1.71. The zero-order valence-electron chi connectivity index (χ0n) is 9.54. The number of ketones is 1. The number of Topliss-reactive ketones (excluding diaryl/α,β-unsaturated/α-hetero) is 1. The Kier molecular flexibility index (Phi) is 3.52. The molecule has 0 unspecified atom stereocenters. The Balaban J connectivity index is 2.25. The molecule has 0 N–H and O–H groups in total. The highest BCUT2D eigenvalue weighted by Crippen LogP contribution is 2.35. The van der Waals surface area contributed by atoms with Crippen LogP contribution in [0, 0.1) is 16.0 Å². The van der Waals surface area contributed by atoms with E-state index in [2.05, 4.69) is 0 Å². The topological polar surface area (TPSA) is 60.2 Å². The zero-order valence-corrected chi connectivity index (χ0v) is 9.54. The van der Waals surface area contributed by atoms with Crippen LogP contribution in [0.3, 0.4) is 0 Å². The van der Waals surface area contributed by atoms with Gasteiger partial charge in [-0.05, 0) is 18.4 Å². The van der Waals surface area contributed by atoms with Gasteiger partial charge in [-0.25, -0.2) is 0 Å². The van der Waals surface area contributed by atoms with Gasteiger partial charge in [-0.3, -0.25) is 14.9 Å². The summed E-state index contributed by atoms with van der Waals surface area (Å²) in [5, 5.41) is 10.7. The highest BCUT2D eigenvalue weighted by molar-refractivity contribution is 5.83. The standard InChI is InChI=1S/C13H15NO3/c15-13-8-4-7-11(13)12(9-14(16)17)10-5-2-1-3-6-10/h1-3,5-6,11-12H,4,7-9H2/t11-,12-/m0/s1. The van der Waals surface area contributed by atoms with Crippen LogP contribution in [-0.4, -0.2) is 17.3 Å². The Bertz CT molecular complexity index is 416. The first kappa shape index (κ1) is 11.8. The first-order valence-electron chi connectivity index (χ1n) is 5.88. The molecule has 0 bridgehead atoms. The Morgan fingerprint density at radius 1 is 1.35 bits per heavy atom. The van der Waals surface area contributed by atoms with Crippen LogP contribution in [0.2, 0.25) is 0 Å². The maximum atomic E-state index is 11.7. The lowest BCUT2D eigenvalue weighted by molar-refractivity contribution is -0.484. The van der Waals surface area contributed by atoms with Crippen molar-refractivity contribution in [3.63, 3.8) is 0 Å². The molecule has 1 fully saturated rings. The van der Waals surface area contributed by atoms with Crippen LogP contribution < -0.4 is 0 Å². The number of nitro groups is 1. The van der Waals surface area contributed by atoms with Crippen molar-refractivity contribution in [1.29, 1.82) is 0 Å². The summed E-state index contributed by atoms with van der Waals surface area (Å²) >= 11 is 0. The second-order valence-corrected chi connectivity index (χ2v) is 4.50. The monoisotopic (exact) mass is 233 g/mol. The highest BCUT2D eigenvalue weighted by Gasteiger charge is 2.35. The molecule has 0 saturated heterocycles. The molecule has 0 radical (unpaired) electrons. The van der Waals surface area contributed by atoms with Crippen molar-refractivity contribution >= 4 is 5.78 Å². The minimum atomic E-state index is -0.316. The molecule has 1 aliphatic carbocycles. The summed E-state index contributed by atoms with van der Waals surface area (Å²) in [5.41, 5.74) is 0.907. The van der Waals surface area contributed by atoms with E-state index in [0.29, 0.717) is 6.42 Å². The van der Waals surface area contributed by atoms with Gasteiger partial charge in [0, 0.05) is 17.3 Å². The van der Waals surface area contributed by atoms with Crippen LogP contribution in [0.1, 0.15) is 30.7 Å². The number of nitrogens with zero attached hydrogens (tertiary/aromatic N) is 1.